The van der Waals surface area contributed by atoms with Gasteiger partial charge in [0.15, 0.2) is 17.3 Å². The summed E-state index contributed by atoms with van der Waals surface area (Å²) < 4.78 is 21.0. The zero-order chi connectivity index (χ0) is 15.0. The van der Waals surface area contributed by atoms with E-state index in [-0.39, 0.29) is 11.3 Å². The van der Waals surface area contributed by atoms with Gasteiger partial charge in [-0.1, -0.05) is 11.6 Å². The van der Waals surface area contributed by atoms with Crippen molar-refractivity contribution in [3.05, 3.63) is 59.1 Å². The van der Waals surface area contributed by atoms with Crippen molar-refractivity contribution in [2.75, 3.05) is 0 Å². The molecule has 0 atom stereocenters. The van der Waals surface area contributed by atoms with Crippen LogP contribution in [0.5, 0.6) is 11.5 Å². The van der Waals surface area contributed by atoms with Crippen molar-refractivity contribution in [1.29, 1.82) is 0 Å². The van der Waals surface area contributed by atoms with Gasteiger partial charge in [-0.3, -0.25) is 4.79 Å². The lowest BCUT2D eigenvalue weighted by atomic mass is 10.2. The van der Waals surface area contributed by atoms with Gasteiger partial charge >= 0.3 is 0 Å². The molecule has 2 aromatic heterocycles. The van der Waals surface area contributed by atoms with Crippen molar-refractivity contribution < 1.29 is 13.9 Å². The number of nitrogens with two attached hydrogens (primary N) is 1. The second-order valence-electron chi connectivity index (χ2n) is 4.27. The number of aromatic nitrogens is 2. The lowest BCUT2D eigenvalue weighted by Gasteiger charge is -2.09. The first-order valence-electron chi connectivity index (χ1n) is 5.95. The van der Waals surface area contributed by atoms with Crippen molar-refractivity contribution in [2.24, 2.45) is 5.73 Å². The molecule has 0 aliphatic carbocycles. The van der Waals surface area contributed by atoms with Crippen LogP contribution in [0.2, 0.25) is 5.02 Å². The number of nitrogens with zero attached hydrogens (tertiary/aromatic N) is 2. The van der Waals surface area contributed by atoms with Crippen LogP contribution < -0.4 is 10.5 Å². The molecule has 1 amide bonds. The number of hydrogen-bond acceptors (Lipinski definition) is 3. The molecule has 106 valence electrons. The molecule has 0 spiro atoms. The van der Waals surface area contributed by atoms with E-state index in [1.807, 2.05) is 0 Å². The van der Waals surface area contributed by atoms with Gasteiger partial charge in [0.05, 0.1) is 11.2 Å². The molecule has 0 radical (unpaired) electrons. The minimum Gasteiger partial charge on any atom is -0.452 e. The summed E-state index contributed by atoms with van der Waals surface area (Å²) in [5, 5.41) is 4.42. The van der Waals surface area contributed by atoms with Crippen LogP contribution in [0.25, 0.3) is 5.52 Å². The lowest BCUT2D eigenvalue weighted by molar-refractivity contribution is 0.1000. The third-order valence-electron chi connectivity index (χ3n) is 2.90. The summed E-state index contributed by atoms with van der Waals surface area (Å²) in [5.41, 5.74) is 5.69. The Morgan fingerprint density at radius 3 is 2.86 bits per heavy atom. The van der Waals surface area contributed by atoms with Crippen molar-refractivity contribution in [3.8, 4) is 11.5 Å². The standard InChI is InChI=1S/C14H9ClFN3O2/c15-9-7-18-19-5-1-2-12(13(9)19)21-11-4-3-8(14(17)20)6-10(11)16/h1-7H,(H2,17,20). The number of carbonyl (C=O) groups is 1. The minimum absolute atomic E-state index is 0.0367. The van der Waals surface area contributed by atoms with E-state index in [2.05, 4.69) is 5.10 Å². The number of pyridine rings is 1. The summed E-state index contributed by atoms with van der Waals surface area (Å²) in [6, 6.07) is 7.09. The molecular weight excluding hydrogens is 297 g/mol. The summed E-state index contributed by atoms with van der Waals surface area (Å²) in [6.45, 7) is 0. The van der Waals surface area contributed by atoms with Gasteiger partial charge in [-0.15, -0.1) is 0 Å². The molecule has 21 heavy (non-hydrogen) atoms. The number of primary amides is 1. The molecule has 0 unspecified atom stereocenters. The van der Waals surface area contributed by atoms with Crippen LogP contribution in [0.3, 0.4) is 0 Å². The number of amides is 1. The van der Waals surface area contributed by atoms with Crippen LogP contribution in [-0.4, -0.2) is 15.5 Å². The van der Waals surface area contributed by atoms with Gasteiger partial charge in [0.2, 0.25) is 5.91 Å². The molecule has 0 fully saturated rings. The zero-order valence-corrected chi connectivity index (χ0v) is 11.3. The van der Waals surface area contributed by atoms with E-state index in [1.165, 1.54) is 22.8 Å². The molecule has 2 heterocycles. The van der Waals surface area contributed by atoms with Crippen molar-refractivity contribution in [3.63, 3.8) is 0 Å². The van der Waals surface area contributed by atoms with Gasteiger partial charge < -0.3 is 10.5 Å². The molecule has 0 aliphatic rings. The first-order valence-corrected chi connectivity index (χ1v) is 6.33. The number of ether oxygens (including phenoxy) is 1. The molecule has 3 rings (SSSR count). The Bertz CT molecular complexity index is 847. The molecule has 2 N–H and O–H groups in total. The second kappa shape index (κ2) is 5.06. The van der Waals surface area contributed by atoms with E-state index in [1.54, 1.807) is 18.3 Å². The smallest absolute Gasteiger partial charge is 0.248 e. The quantitative estimate of drug-likeness (QED) is 0.808. The first-order chi connectivity index (χ1) is 10.1. The van der Waals surface area contributed by atoms with Crippen LogP contribution in [-0.2, 0) is 0 Å². The number of fused-ring (bicyclic) bond motifs is 1. The topological polar surface area (TPSA) is 69.6 Å². The Morgan fingerprint density at radius 1 is 1.33 bits per heavy atom. The Labute approximate surface area is 123 Å². The average Bonchev–Trinajstić information content (AvgIpc) is 2.83. The molecule has 3 aromatic rings. The van der Waals surface area contributed by atoms with Crippen LogP contribution in [0.15, 0.2) is 42.7 Å². The van der Waals surface area contributed by atoms with Crippen molar-refractivity contribution in [2.45, 2.75) is 0 Å². The maximum Gasteiger partial charge on any atom is 0.248 e. The van der Waals surface area contributed by atoms with Gasteiger partial charge in [-0.2, -0.15) is 5.10 Å². The average molecular weight is 306 g/mol. The highest BCUT2D eigenvalue weighted by atomic mass is 35.5. The SMILES string of the molecule is NC(=O)c1ccc(Oc2cccn3ncc(Cl)c23)c(F)c1. The first kappa shape index (κ1) is 13.4. The molecule has 0 saturated carbocycles. The molecule has 0 saturated heterocycles. The van der Waals surface area contributed by atoms with Crippen molar-refractivity contribution >= 4 is 23.0 Å². The maximum absolute atomic E-state index is 13.9. The van der Waals surface area contributed by atoms with Crippen LogP contribution in [0.4, 0.5) is 4.39 Å². The molecule has 0 aliphatic heterocycles. The predicted molar refractivity (Wildman–Crippen MR) is 75.2 cm³/mol. The fourth-order valence-electron chi connectivity index (χ4n) is 1.91. The van der Waals surface area contributed by atoms with Gasteiger partial charge in [0.1, 0.15) is 5.52 Å². The largest absolute Gasteiger partial charge is 0.452 e. The number of hydrogen-bond donors (Lipinski definition) is 1. The summed E-state index contributed by atoms with van der Waals surface area (Å²) in [7, 11) is 0. The lowest BCUT2D eigenvalue weighted by Crippen LogP contribution is -2.11. The summed E-state index contributed by atoms with van der Waals surface area (Å²) in [6.07, 6.45) is 3.16. The summed E-state index contributed by atoms with van der Waals surface area (Å²) >= 11 is 6.03. The molecule has 5 nitrogen and oxygen atoms in total. The van der Waals surface area contributed by atoms with Gasteiger partial charge in [0, 0.05) is 11.8 Å². The molecular formula is C14H9ClFN3O2. The van der Waals surface area contributed by atoms with Crippen LogP contribution >= 0.6 is 11.6 Å². The van der Waals surface area contributed by atoms with Crippen LogP contribution in [0.1, 0.15) is 10.4 Å². The number of rotatable bonds is 3. The summed E-state index contributed by atoms with van der Waals surface area (Å²) in [5.74, 6) is -1.08. The van der Waals surface area contributed by atoms with E-state index < -0.39 is 11.7 Å². The van der Waals surface area contributed by atoms with Crippen molar-refractivity contribution in [1.82, 2.24) is 9.61 Å². The monoisotopic (exact) mass is 305 g/mol. The van der Waals surface area contributed by atoms with Crippen LogP contribution in [0, 0.1) is 5.82 Å². The van der Waals surface area contributed by atoms with Gasteiger partial charge in [0.25, 0.3) is 0 Å². The minimum atomic E-state index is -0.707. The summed E-state index contributed by atoms with van der Waals surface area (Å²) in [4.78, 5) is 11.0. The number of carbonyl (C=O) groups excluding carboxylic acids is 1. The van der Waals surface area contributed by atoms with E-state index in [0.717, 1.165) is 6.07 Å². The van der Waals surface area contributed by atoms with E-state index in [4.69, 9.17) is 22.1 Å². The normalized spacial score (nSPS) is 10.8. The third kappa shape index (κ3) is 2.41. The fourth-order valence-corrected chi connectivity index (χ4v) is 2.14. The highest BCUT2D eigenvalue weighted by molar-refractivity contribution is 6.34. The van der Waals surface area contributed by atoms with Gasteiger partial charge in [-0.05, 0) is 30.3 Å². The third-order valence-corrected chi connectivity index (χ3v) is 3.17. The number of halogens is 2. The molecule has 1 aromatic carbocycles. The van der Waals surface area contributed by atoms with Gasteiger partial charge in [-0.25, -0.2) is 8.91 Å². The zero-order valence-electron chi connectivity index (χ0n) is 10.6. The maximum atomic E-state index is 13.9. The Kier molecular flexibility index (Phi) is 3.23. The second-order valence-corrected chi connectivity index (χ2v) is 4.68. The Morgan fingerprint density at radius 2 is 2.14 bits per heavy atom. The molecule has 0 bridgehead atoms. The Hall–Kier alpha value is -2.60. The predicted octanol–water partition coefficient (Wildman–Crippen LogP) is 3.02. The van der Waals surface area contributed by atoms with E-state index >= 15 is 0 Å². The number of benzene rings is 1. The fraction of sp³-hybridized carbons (Fsp3) is 0. The highest BCUT2D eigenvalue weighted by Gasteiger charge is 2.13. The van der Waals surface area contributed by atoms with E-state index in [9.17, 15) is 9.18 Å². The Balaban J connectivity index is 2.03. The van der Waals surface area contributed by atoms with E-state index in [0.29, 0.717) is 16.3 Å². The molecule has 7 heteroatoms. The highest BCUT2D eigenvalue weighted by Crippen LogP contribution is 2.32.